The Kier molecular flexibility index (Phi) is 3.99. The lowest BCUT2D eigenvalue weighted by atomic mass is 9.94. The molecule has 1 amide bonds. The average Bonchev–Trinajstić information content (AvgIpc) is 3.37. The van der Waals surface area contributed by atoms with E-state index in [1.54, 1.807) is 26.4 Å². The summed E-state index contributed by atoms with van der Waals surface area (Å²) in [5.41, 5.74) is 2.53. The molecule has 0 unspecified atom stereocenters. The molecule has 2 aromatic rings. The van der Waals surface area contributed by atoms with Crippen LogP contribution in [0.2, 0.25) is 0 Å². The highest BCUT2D eigenvalue weighted by Crippen LogP contribution is 2.49. The third-order valence-electron chi connectivity index (χ3n) is 4.45. The van der Waals surface area contributed by atoms with Crippen LogP contribution in [-0.2, 0) is 10.2 Å². The molecule has 1 saturated carbocycles. The number of aryl methyl sites for hydroxylation is 1. The Hall–Kier alpha value is -2.49. The Morgan fingerprint density at radius 1 is 1.04 bits per heavy atom. The van der Waals surface area contributed by atoms with Gasteiger partial charge in [0, 0.05) is 6.07 Å². The molecule has 1 N–H and O–H groups in total. The Labute approximate surface area is 136 Å². The molecule has 4 heteroatoms. The van der Waals surface area contributed by atoms with Crippen molar-refractivity contribution in [3.8, 4) is 11.5 Å². The summed E-state index contributed by atoms with van der Waals surface area (Å²) >= 11 is 0. The first kappa shape index (κ1) is 15.4. The van der Waals surface area contributed by atoms with Gasteiger partial charge in [-0.25, -0.2) is 0 Å². The molecular formula is C19H21NO3. The summed E-state index contributed by atoms with van der Waals surface area (Å²) in [7, 11) is 3.18. The van der Waals surface area contributed by atoms with E-state index in [9.17, 15) is 4.79 Å². The monoisotopic (exact) mass is 311 g/mol. The highest BCUT2D eigenvalue weighted by molar-refractivity contribution is 6.02. The number of rotatable bonds is 5. The summed E-state index contributed by atoms with van der Waals surface area (Å²) in [4.78, 5) is 12.8. The SMILES string of the molecule is COc1ccc(NC(=O)C2(c3ccc(C)cc3)CC2)c(OC)c1. The molecular weight excluding hydrogens is 290 g/mol. The third-order valence-corrected chi connectivity index (χ3v) is 4.45. The Morgan fingerprint density at radius 2 is 1.74 bits per heavy atom. The maximum absolute atomic E-state index is 12.8. The molecule has 1 fully saturated rings. The Morgan fingerprint density at radius 3 is 2.30 bits per heavy atom. The molecule has 1 aliphatic rings. The van der Waals surface area contributed by atoms with Crippen LogP contribution in [0.4, 0.5) is 5.69 Å². The minimum absolute atomic E-state index is 0.0184. The van der Waals surface area contributed by atoms with Crippen molar-refractivity contribution in [1.82, 2.24) is 0 Å². The molecule has 120 valence electrons. The standard InChI is InChI=1S/C19H21NO3/c1-13-4-6-14(7-5-13)19(10-11-19)18(21)20-16-9-8-15(22-2)12-17(16)23-3/h4-9,12H,10-11H2,1-3H3,(H,20,21). The first-order chi connectivity index (χ1) is 11.1. The van der Waals surface area contributed by atoms with Gasteiger partial charge in [-0.05, 0) is 37.5 Å². The topological polar surface area (TPSA) is 47.6 Å². The molecule has 0 saturated heterocycles. The molecule has 0 radical (unpaired) electrons. The van der Waals surface area contributed by atoms with E-state index in [2.05, 4.69) is 17.4 Å². The first-order valence-corrected chi connectivity index (χ1v) is 7.70. The third kappa shape index (κ3) is 2.89. The van der Waals surface area contributed by atoms with Gasteiger partial charge in [0.05, 0.1) is 25.3 Å². The van der Waals surface area contributed by atoms with Crippen LogP contribution in [0, 0.1) is 6.92 Å². The summed E-state index contributed by atoms with van der Waals surface area (Å²) in [5, 5.41) is 3.01. The second-order valence-electron chi connectivity index (χ2n) is 5.97. The number of nitrogens with one attached hydrogen (secondary N) is 1. The lowest BCUT2D eigenvalue weighted by molar-refractivity contribution is -0.118. The van der Waals surface area contributed by atoms with Gasteiger partial charge in [0.2, 0.25) is 5.91 Å². The van der Waals surface area contributed by atoms with Gasteiger partial charge in [-0.3, -0.25) is 4.79 Å². The van der Waals surface area contributed by atoms with E-state index in [0.29, 0.717) is 17.2 Å². The van der Waals surface area contributed by atoms with Crippen LogP contribution < -0.4 is 14.8 Å². The number of carbonyl (C=O) groups is 1. The van der Waals surface area contributed by atoms with Crippen molar-refractivity contribution >= 4 is 11.6 Å². The molecule has 0 atom stereocenters. The van der Waals surface area contributed by atoms with E-state index in [1.807, 2.05) is 25.1 Å². The molecule has 0 heterocycles. The van der Waals surface area contributed by atoms with E-state index in [-0.39, 0.29) is 5.91 Å². The van der Waals surface area contributed by atoms with E-state index in [0.717, 1.165) is 18.4 Å². The van der Waals surface area contributed by atoms with Crippen molar-refractivity contribution in [1.29, 1.82) is 0 Å². The number of methoxy groups -OCH3 is 2. The van der Waals surface area contributed by atoms with Crippen LogP contribution >= 0.6 is 0 Å². The molecule has 0 spiro atoms. The van der Waals surface area contributed by atoms with Gasteiger partial charge in [0.1, 0.15) is 11.5 Å². The predicted molar refractivity (Wildman–Crippen MR) is 90.3 cm³/mol. The molecule has 0 aromatic heterocycles. The van der Waals surface area contributed by atoms with Gasteiger partial charge in [-0.2, -0.15) is 0 Å². The fourth-order valence-corrected chi connectivity index (χ4v) is 2.79. The first-order valence-electron chi connectivity index (χ1n) is 7.70. The van der Waals surface area contributed by atoms with Crippen LogP contribution in [-0.4, -0.2) is 20.1 Å². The molecule has 1 aliphatic carbocycles. The lowest BCUT2D eigenvalue weighted by Crippen LogP contribution is -2.28. The summed E-state index contributed by atoms with van der Waals surface area (Å²) < 4.78 is 10.5. The normalized spacial score (nSPS) is 14.9. The van der Waals surface area contributed by atoms with Crippen molar-refractivity contribution in [2.45, 2.75) is 25.2 Å². The van der Waals surface area contributed by atoms with Crippen LogP contribution in [0.3, 0.4) is 0 Å². The van der Waals surface area contributed by atoms with E-state index >= 15 is 0 Å². The fourth-order valence-electron chi connectivity index (χ4n) is 2.79. The number of anilines is 1. The quantitative estimate of drug-likeness (QED) is 0.916. The largest absolute Gasteiger partial charge is 0.497 e. The van der Waals surface area contributed by atoms with Gasteiger partial charge >= 0.3 is 0 Å². The van der Waals surface area contributed by atoms with E-state index < -0.39 is 5.41 Å². The molecule has 4 nitrogen and oxygen atoms in total. The number of amides is 1. The molecule has 23 heavy (non-hydrogen) atoms. The summed E-state index contributed by atoms with van der Waals surface area (Å²) in [6.45, 7) is 2.05. The van der Waals surface area contributed by atoms with Gasteiger partial charge in [-0.1, -0.05) is 29.8 Å². The van der Waals surface area contributed by atoms with Gasteiger partial charge in [0.25, 0.3) is 0 Å². The number of benzene rings is 2. The molecule has 2 aromatic carbocycles. The van der Waals surface area contributed by atoms with Crippen LogP contribution in [0.25, 0.3) is 0 Å². The van der Waals surface area contributed by atoms with Crippen molar-refractivity contribution in [3.05, 3.63) is 53.6 Å². The van der Waals surface area contributed by atoms with Gasteiger partial charge < -0.3 is 14.8 Å². The number of ether oxygens (including phenoxy) is 2. The average molecular weight is 311 g/mol. The Bertz CT molecular complexity index is 718. The zero-order chi connectivity index (χ0) is 16.4. The number of hydrogen-bond donors (Lipinski definition) is 1. The predicted octanol–water partition coefficient (Wildman–Crippen LogP) is 3.68. The minimum atomic E-state index is -0.404. The van der Waals surface area contributed by atoms with Crippen LogP contribution in [0.5, 0.6) is 11.5 Å². The van der Waals surface area contributed by atoms with Crippen molar-refractivity contribution in [3.63, 3.8) is 0 Å². The summed E-state index contributed by atoms with van der Waals surface area (Å²) in [5.74, 6) is 1.31. The Balaban J connectivity index is 1.83. The second kappa shape index (κ2) is 5.95. The zero-order valence-electron chi connectivity index (χ0n) is 13.7. The fraction of sp³-hybridized carbons (Fsp3) is 0.316. The van der Waals surface area contributed by atoms with Crippen molar-refractivity contribution in [2.24, 2.45) is 0 Å². The maximum Gasteiger partial charge on any atom is 0.235 e. The van der Waals surface area contributed by atoms with Gasteiger partial charge in [0.15, 0.2) is 0 Å². The highest BCUT2D eigenvalue weighted by Gasteiger charge is 2.51. The minimum Gasteiger partial charge on any atom is -0.497 e. The van der Waals surface area contributed by atoms with E-state index in [4.69, 9.17) is 9.47 Å². The zero-order valence-corrected chi connectivity index (χ0v) is 13.7. The van der Waals surface area contributed by atoms with Crippen molar-refractivity contribution < 1.29 is 14.3 Å². The number of carbonyl (C=O) groups excluding carboxylic acids is 1. The van der Waals surface area contributed by atoms with Gasteiger partial charge in [-0.15, -0.1) is 0 Å². The second-order valence-corrected chi connectivity index (χ2v) is 5.97. The smallest absolute Gasteiger partial charge is 0.235 e. The lowest BCUT2D eigenvalue weighted by Gasteiger charge is -2.18. The van der Waals surface area contributed by atoms with E-state index in [1.165, 1.54) is 5.56 Å². The molecule has 0 bridgehead atoms. The van der Waals surface area contributed by atoms with Crippen molar-refractivity contribution in [2.75, 3.05) is 19.5 Å². The highest BCUT2D eigenvalue weighted by atomic mass is 16.5. The number of hydrogen-bond acceptors (Lipinski definition) is 3. The van der Waals surface area contributed by atoms with Crippen LogP contribution in [0.1, 0.15) is 24.0 Å². The van der Waals surface area contributed by atoms with Crippen LogP contribution in [0.15, 0.2) is 42.5 Å². The maximum atomic E-state index is 12.8. The summed E-state index contributed by atoms with van der Waals surface area (Å²) in [6, 6.07) is 13.6. The molecule has 0 aliphatic heterocycles. The summed E-state index contributed by atoms with van der Waals surface area (Å²) in [6.07, 6.45) is 1.75. The molecule has 3 rings (SSSR count).